The molecule has 0 aromatic rings. The van der Waals surface area contributed by atoms with Crippen molar-refractivity contribution in [1.29, 1.82) is 0 Å². The molecule has 190 valence electrons. The van der Waals surface area contributed by atoms with Gasteiger partial charge in [0.2, 0.25) is 0 Å². The number of carbonyl (C=O) groups excluding carboxylic acids is 1. The molecular weight excluding hydrogens is 484 g/mol. The number of alkyl halides is 12. The molecule has 0 spiro atoms. The Morgan fingerprint density at radius 3 is 1.19 bits per heavy atom. The van der Waals surface area contributed by atoms with Gasteiger partial charge in [-0.1, -0.05) is 13.8 Å². The standard InChI is InChI=1S/C16H18F12O4/c1-6(2)10(29)32-9-4-7(11(30,13(17,18)19)14(20,21)22)3-8(5-9)12(31,15(23,24)25)16(26,27)28/h6-9,30-31H,3-5H2,1-2H3. The number of hydrogen-bond acceptors (Lipinski definition) is 4. The highest BCUT2D eigenvalue weighted by Gasteiger charge is 2.78. The average Bonchev–Trinajstić information content (AvgIpc) is 2.55. The van der Waals surface area contributed by atoms with Gasteiger partial charge in [-0.25, -0.2) is 0 Å². The van der Waals surface area contributed by atoms with Gasteiger partial charge in [0, 0.05) is 11.8 Å². The van der Waals surface area contributed by atoms with E-state index in [0.29, 0.717) is 0 Å². The summed E-state index contributed by atoms with van der Waals surface area (Å²) in [5.74, 6) is -9.15. The van der Waals surface area contributed by atoms with Crippen LogP contribution in [-0.2, 0) is 9.53 Å². The average molecular weight is 502 g/mol. The Balaban J connectivity index is 3.66. The number of hydrogen-bond donors (Lipinski definition) is 2. The molecule has 0 aromatic carbocycles. The molecule has 0 heterocycles. The first kappa shape index (κ1) is 28.6. The molecule has 4 nitrogen and oxygen atoms in total. The lowest BCUT2D eigenvalue weighted by atomic mass is 9.65. The second-order valence-corrected chi connectivity index (χ2v) is 7.84. The van der Waals surface area contributed by atoms with Crippen molar-refractivity contribution in [2.75, 3.05) is 0 Å². The normalized spacial score (nSPS) is 24.6. The predicted octanol–water partition coefficient (Wildman–Crippen LogP) is 4.68. The van der Waals surface area contributed by atoms with Crippen LogP contribution in [0.3, 0.4) is 0 Å². The summed E-state index contributed by atoms with van der Waals surface area (Å²) in [6.45, 7) is 2.26. The smallest absolute Gasteiger partial charge is 0.426 e. The largest absolute Gasteiger partial charge is 0.462 e. The van der Waals surface area contributed by atoms with Gasteiger partial charge >= 0.3 is 30.7 Å². The quantitative estimate of drug-likeness (QED) is 0.433. The summed E-state index contributed by atoms with van der Waals surface area (Å²) in [5.41, 5.74) is -11.5. The molecule has 1 rings (SSSR count). The first-order valence-corrected chi connectivity index (χ1v) is 8.83. The third kappa shape index (κ3) is 4.89. The van der Waals surface area contributed by atoms with E-state index in [0.717, 1.165) is 13.8 Å². The van der Waals surface area contributed by atoms with Crippen LogP contribution >= 0.6 is 0 Å². The number of rotatable bonds is 4. The number of halogens is 12. The molecule has 1 aliphatic carbocycles. The summed E-state index contributed by atoms with van der Waals surface area (Å²) in [4.78, 5) is 11.7. The van der Waals surface area contributed by atoms with Crippen LogP contribution in [0.2, 0.25) is 0 Å². The lowest BCUT2D eigenvalue weighted by molar-refractivity contribution is -0.405. The summed E-state index contributed by atoms with van der Waals surface area (Å²) >= 11 is 0. The molecule has 2 unspecified atom stereocenters. The Hall–Kier alpha value is -1.45. The zero-order chi connectivity index (χ0) is 25.7. The van der Waals surface area contributed by atoms with Gasteiger partial charge in [-0.05, 0) is 19.3 Å². The van der Waals surface area contributed by atoms with Crippen LogP contribution < -0.4 is 0 Å². The van der Waals surface area contributed by atoms with E-state index in [1.54, 1.807) is 0 Å². The maximum absolute atomic E-state index is 13.2. The molecule has 1 aliphatic rings. The van der Waals surface area contributed by atoms with Gasteiger partial charge in [0.05, 0.1) is 5.92 Å². The highest BCUT2D eigenvalue weighted by atomic mass is 19.4. The maximum Gasteiger partial charge on any atom is 0.426 e. The Labute approximate surface area is 172 Å². The predicted molar refractivity (Wildman–Crippen MR) is 79.7 cm³/mol. The van der Waals surface area contributed by atoms with E-state index in [1.807, 2.05) is 0 Å². The number of carbonyl (C=O) groups is 1. The molecule has 1 fully saturated rings. The fraction of sp³-hybridized carbons (Fsp3) is 0.938. The van der Waals surface area contributed by atoms with Crippen molar-refractivity contribution in [1.82, 2.24) is 0 Å². The van der Waals surface area contributed by atoms with Crippen LogP contribution in [-0.4, -0.2) is 58.2 Å². The summed E-state index contributed by atoms with van der Waals surface area (Å²) in [6.07, 6.45) is -33.9. The number of ether oxygens (including phenoxy) is 1. The monoisotopic (exact) mass is 502 g/mol. The van der Waals surface area contributed by atoms with Crippen molar-refractivity contribution < 1.29 is 72.4 Å². The van der Waals surface area contributed by atoms with Gasteiger partial charge in [0.15, 0.2) is 0 Å². The zero-order valence-electron chi connectivity index (χ0n) is 16.2. The summed E-state index contributed by atoms with van der Waals surface area (Å²) in [7, 11) is 0. The third-order valence-electron chi connectivity index (χ3n) is 5.33. The molecule has 0 aliphatic heterocycles. The third-order valence-corrected chi connectivity index (χ3v) is 5.33. The van der Waals surface area contributed by atoms with Crippen LogP contribution in [0.25, 0.3) is 0 Å². The van der Waals surface area contributed by atoms with E-state index in [-0.39, 0.29) is 0 Å². The minimum absolute atomic E-state index is 1.10. The highest BCUT2D eigenvalue weighted by Crippen LogP contribution is 2.57. The number of aliphatic hydroxyl groups is 2. The lowest BCUT2D eigenvalue weighted by Crippen LogP contribution is -2.67. The second kappa shape index (κ2) is 8.40. The molecule has 2 N–H and O–H groups in total. The van der Waals surface area contributed by atoms with Crippen LogP contribution in [0, 0.1) is 17.8 Å². The van der Waals surface area contributed by atoms with Crippen molar-refractivity contribution in [2.45, 2.75) is 75.1 Å². The zero-order valence-corrected chi connectivity index (χ0v) is 16.2. The highest BCUT2D eigenvalue weighted by molar-refractivity contribution is 5.71. The van der Waals surface area contributed by atoms with Crippen LogP contribution in [0.1, 0.15) is 33.1 Å². The van der Waals surface area contributed by atoms with E-state index >= 15 is 0 Å². The van der Waals surface area contributed by atoms with E-state index in [9.17, 15) is 67.7 Å². The topological polar surface area (TPSA) is 66.8 Å². The van der Waals surface area contributed by atoms with E-state index in [2.05, 4.69) is 4.74 Å². The minimum atomic E-state index is -6.57. The van der Waals surface area contributed by atoms with Crippen LogP contribution in [0.5, 0.6) is 0 Å². The fourth-order valence-corrected chi connectivity index (χ4v) is 3.59. The summed E-state index contributed by atoms with van der Waals surface area (Å²) in [5, 5.41) is 19.0. The summed E-state index contributed by atoms with van der Waals surface area (Å²) in [6, 6.07) is 0. The Morgan fingerprint density at radius 1 is 0.688 bits per heavy atom. The van der Waals surface area contributed by atoms with Gasteiger partial charge < -0.3 is 14.9 Å². The molecule has 1 saturated carbocycles. The summed E-state index contributed by atoms with van der Waals surface area (Å²) < 4.78 is 163. The molecule has 16 heteroatoms. The Bertz CT molecular complexity index is 602. The van der Waals surface area contributed by atoms with Crippen molar-refractivity contribution in [3.63, 3.8) is 0 Å². The molecule has 0 aromatic heterocycles. The molecule has 0 bridgehead atoms. The number of esters is 1. The first-order valence-electron chi connectivity index (χ1n) is 8.83. The Morgan fingerprint density at radius 2 is 0.969 bits per heavy atom. The molecule has 2 atom stereocenters. The van der Waals surface area contributed by atoms with Gasteiger partial charge in [0.25, 0.3) is 11.2 Å². The van der Waals surface area contributed by atoms with Crippen molar-refractivity contribution in [3.8, 4) is 0 Å². The molecule has 32 heavy (non-hydrogen) atoms. The minimum Gasteiger partial charge on any atom is -0.462 e. The lowest BCUT2D eigenvalue weighted by Gasteiger charge is -2.48. The van der Waals surface area contributed by atoms with Crippen LogP contribution in [0.15, 0.2) is 0 Å². The first-order chi connectivity index (χ1) is 13.9. The van der Waals surface area contributed by atoms with Crippen molar-refractivity contribution >= 4 is 5.97 Å². The van der Waals surface area contributed by atoms with Crippen molar-refractivity contribution in [3.05, 3.63) is 0 Å². The molecule has 0 saturated heterocycles. The molecule has 0 radical (unpaired) electrons. The molecular formula is C16H18F12O4. The van der Waals surface area contributed by atoms with Gasteiger partial charge in [-0.2, -0.15) is 52.7 Å². The SMILES string of the molecule is CC(C)C(=O)OC1CC(C(O)(C(F)(F)F)C(F)(F)F)CC(C(O)(C(F)(F)F)C(F)(F)F)C1. The van der Waals surface area contributed by atoms with E-state index in [4.69, 9.17) is 0 Å². The van der Waals surface area contributed by atoms with Crippen molar-refractivity contribution in [2.24, 2.45) is 17.8 Å². The molecule has 0 amide bonds. The van der Waals surface area contributed by atoms with E-state index in [1.165, 1.54) is 0 Å². The van der Waals surface area contributed by atoms with Gasteiger partial charge in [0.1, 0.15) is 6.10 Å². The Kier molecular flexibility index (Phi) is 7.50. The van der Waals surface area contributed by atoms with Gasteiger partial charge in [-0.3, -0.25) is 4.79 Å². The van der Waals surface area contributed by atoms with Gasteiger partial charge in [-0.15, -0.1) is 0 Å². The maximum atomic E-state index is 13.2. The van der Waals surface area contributed by atoms with E-state index < -0.39 is 85.0 Å². The van der Waals surface area contributed by atoms with Crippen LogP contribution in [0.4, 0.5) is 52.7 Å². The second-order valence-electron chi connectivity index (χ2n) is 7.84. The fourth-order valence-electron chi connectivity index (χ4n) is 3.59.